The molecule has 0 atom stereocenters. The van der Waals surface area contributed by atoms with E-state index < -0.39 is 0 Å². The van der Waals surface area contributed by atoms with Gasteiger partial charge >= 0.3 is 0 Å². The van der Waals surface area contributed by atoms with E-state index in [1.807, 2.05) is 18.2 Å². The molecule has 0 fully saturated rings. The normalized spacial score (nSPS) is 10.8. The fourth-order valence-electron chi connectivity index (χ4n) is 1.26. The lowest BCUT2D eigenvalue weighted by Crippen LogP contribution is -1.73. The topological polar surface area (TPSA) is 0 Å². The van der Waals surface area contributed by atoms with E-state index in [1.54, 1.807) is 11.3 Å². The van der Waals surface area contributed by atoms with Crippen molar-refractivity contribution in [3.8, 4) is 0 Å². The molecule has 0 aliphatic heterocycles. The number of hydrogen-bond acceptors (Lipinski definition) is 1. The van der Waals surface area contributed by atoms with Crippen molar-refractivity contribution in [3.05, 3.63) is 40.4 Å². The van der Waals surface area contributed by atoms with E-state index in [1.165, 1.54) is 15.6 Å². The second kappa shape index (κ2) is 3.08. The van der Waals surface area contributed by atoms with E-state index in [-0.39, 0.29) is 0 Å². The zero-order chi connectivity index (χ0) is 8.55. The Hall–Kier alpha value is -0.530. The van der Waals surface area contributed by atoms with Gasteiger partial charge in [-0.05, 0) is 41.6 Å². The lowest BCUT2D eigenvalue weighted by atomic mass is 10.2. The minimum atomic E-state index is 0.801. The van der Waals surface area contributed by atoms with Gasteiger partial charge in [0.1, 0.15) is 0 Å². The molecule has 0 bridgehead atoms. The van der Waals surface area contributed by atoms with Gasteiger partial charge in [-0.15, -0.1) is 11.3 Å². The van der Waals surface area contributed by atoms with Crippen molar-refractivity contribution in [2.75, 3.05) is 0 Å². The van der Waals surface area contributed by atoms with E-state index in [4.69, 9.17) is 11.6 Å². The molecular formula is C10H8ClS. The average Bonchev–Trinajstić information content (AvgIpc) is 2.46. The Kier molecular flexibility index (Phi) is 2.07. The molecule has 0 saturated carbocycles. The molecule has 0 unspecified atom stereocenters. The summed E-state index contributed by atoms with van der Waals surface area (Å²) in [6, 6.07) is 5.98. The Labute approximate surface area is 80.8 Å². The first kappa shape index (κ1) is 8.09. The van der Waals surface area contributed by atoms with Crippen molar-refractivity contribution in [3.63, 3.8) is 0 Å². The maximum Gasteiger partial charge on any atom is 0.0412 e. The molecular weight excluding hydrogens is 188 g/mol. The number of fused-ring (bicyclic) bond motifs is 1. The number of halogens is 1. The first-order valence-corrected chi connectivity index (χ1v) is 5.02. The summed E-state index contributed by atoms with van der Waals surface area (Å²) in [4.78, 5) is 1.31. The molecule has 0 aliphatic carbocycles. The fraction of sp³-hybridized carbons (Fsp3) is 0.100. The van der Waals surface area contributed by atoms with Gasteiger partial charge in [0.05, 0.1) is 0 Å². The van der Waals surface area contributed by atoms with Gasteiger partial charge in [0.2, 0.25) is 0 Å². The average molecular weight is 196 g/mol. The third-order valence-corrected chi connectivity index (χ3v) is 3.19. The highest BCUT2D eigenvalue weighted by Crippen LogP contribution is 2.28. The molecule has 0 spiro atoms. The predicted molar refractivity (Wildman–Crippen MR) is 55.9 cm³/mol. The Morgan fingerprint density at radius 2 is 2.25 bits per heavy atom. The summed E-state index contributed by atoms with van der Waals surface area (Å²) in [6.07, 6.45) is 0.842. The van der Waals surface area contributed by atoms with E-state index in [9.17, 15) is 0 Å². The fourth-order valence-corrected chi connectivity index (χ4v) is 2.33. The zero-order valence-corrected chi connectivity index (χ0v) is 8.08. The van der Waals surface area contributed by atoms with Crippen LogP contribution in [0.25, 0.3) is 10.8 Å². The van der Waals surface area contributed by atoms with Crippen LogP contribution in [-0.2, 0) is 6.42 Å². The molecule has 0 aliphatic rings. The van der Waals surface area contributed by atoms with Gasteiger partial charge in [-0.3, -0.25) is 0 Å². The Bertz CT molecular complexity index is 403. The van der Waals surface area contributed by atoms with Crippen molar-refractivity contribution >= 4 is 33.7 Å². The lowest BCUT2D eigenvalue weighted by molar-refractivity contribution is 1.37. The zero-order valence-electron chi connectivity index (χ0n) is 6.51. The second-order valence-electron chi connectivity index (χ2n) is 2.64. The Balaban J connectivity index is 2.75. The largest absolute Gasteiger partial charge is 0.148 e. The van der Waals surface area contributed by atoms with Gasteiger partial charge in [0, 0.05) is 9.90 Å². The Morgan fingerprint density at radius 1 is 1.42 bits per heavy atom. The molecule has 1 aromatic heterocycles. The highest BCUT2D eigenvalue weighted by molar-refractivity contribution is 7.11. The van der Waals surface area contributed by atoms with Crippen LogP contribution in [0.3, 0.4) is 0 Å². The molecule has 1 aromatic carbocycles. The van der Waals surface area contributed by atoms with Crippen LogP contribution < -0.4 is 0 Å². The molecule has 12 heavy (non-hydrogen) atoms. The van der Waals surface area contributed by atoms with E-state index in [2.05, 4.69) is 12.3 Å². The van der Waals surface area contributed by atoms with E-state index in [0.29, 0.717) is 0 Å². The minimum Gasteiger partial charge on any atom is -0.148 e. The second-order valence-corrected chi connectivity index (χ2v) is 4.04. The summed E-state index contributed by atoms with van der Waals surface area (Å²) in [5.74, 6) is 0. The molecule has 2 rings (SSSR count). The standard InChI is InChI=1S/C10H8ClS/c1-2-10-9-5-8(11)4-3-7(9)6-12-10/h3-6H,1-2H2. The first-order valence-electron chi connectivity index (χ1n) is 3.76. The first-order chi connectivity index (χ1) is 5.81. The maximum absolute atomic E-state index is 5.89. The van der Waals surface area contributed by atoms with Crippen LogP contribution >= 0.6 is 22.9 Å². The highest BCUT2D eigenvalue weighted by atomic mass is 35.5. The summed E-state index contributed by atoms with van der Waals surface area (Å²) < 4.78 is 0. The van der Waals surface area contributed by atoms with E-state index >= 15 is 0 Å². The van der Waals surface area contributed by atoms with Crippen LogP contribution in [0.2, 0.25) is 5.02 Å². The van der Waals surface area contributed by atoms with Crippen molar-refractivity contribution in [2.45, 2.75) is 6.42 Å². The van der Waals surface area contributed by atoms with Crippen molar-refractivity contribution in [1.82, 2.24) is 0 Å². The third kappa shape index (κ3) is 1.23. The molecule has 1 radical (unpaired) electrons. The number of hydrogen-bond donors (Lipinski definition) is 0. The summed E-state index contributed by atoms with van der Waals surface area (Å²) in [7, 11) is 0. The minimum absolute atomic E-state index is 0.801. The van der Waals surface area contributed by atoms with Crippen molar-refractivity contribution < 1.29 is 0 Å². The summed E-state index contributed by atoms with van der Waals surface area (Å²) in [6.45, 7) is 3.88. The van der Waals surface area contributed by atoms with Crippen LogP contribution in [0.4, 0.5) is 0 Å². The molecule has 2 aromatic rings. The van der Waals surface area contributed by atoms with Crippen LogP contribution in [0.1, 0.15) is 4.88 Å². The molecule has 1 heterocycles. The summed E-state index contributed by atoms with van der Waals surface area (Å²) in [5, 5.41) is 5.47. The van der Waals surface area contributed by atoms with Crippen LogP contribution in [0, 0.1) is 6.92 Å². The summed E-state index contributed by atoms with van der Waals surface area (Å²) >= 11 is 7.64. The van der Waals surface area contributed by atoms with Crippen molar-refractivity contribution in [2.24, 2.45) is 0 Å². The summed E-state index contributed by atoms with van der Waals surface area (Å²) in [5.41, 5.74) is 0. The molecule has 2 heteroatoms. The highest BCUT2D eigenvalue weighted by Gasteiger charge is 2.01. The smallest absolute Gasteiger partial charge is 0.0412 e. The number of thiophene rings is 1. The van der Waals surface area contributed by atoms with Crippen LogP contribution in [-0.4, -0.2) is 0 Å². The van der Waals surface area contributed by atoms with Gasteiger partial charge in [-0.25, -0.2) is 0 Å². The molecule has 0 saturated heterocycles. The van der Waals surface area contributed by atoms with Gasteiger partial charge in [-0.2, -0.15) is 0 Å². The van der Waals surface area contributed by atoms with Crippen LogP contribution in [0.15, 0.2) is 23.6 Å². The quantitative estimate of drug-likeness (QED) is 0.647. The van der Waals surface area contributed by atoms with Gasteiger partial charge in [-0.1, -0.05) is 17.7 Å². The lowest BCUT2D eigenvalue weighted by Gasteiger charge is -1.93. The molecule has 61 valence electrons. The SMILES string of the molecule is [CH2]Cc1scc2ccc(Cl)cc12. The predicted octanol–water partition coefficient (Wildman–Crippen LogP) is 3.93. The molecule has 0 amide bonds. The molecule has 0 N–H and O–H groups in total. The van der Waals surface area contributed by atoms with Crippen LogP contribution in [0.5, 0.6) is 0 Å². The Morgan fingerprint density at radius 3 is 3.00 bits per heavy atom. The van der Waals surface area contributed by atoms with Gasteiger partial charge in [0.15, 0.2) is 0 Å². The maximum atomic E-state index is 5.89. The monoisotopic (exact) mass is 195 g/mol. The molecule has 0 nitrogen and oxygen atoms in total. The number of benzene rings is 1. The third-order valence-electron chi connectivity index (χ3n) is 1.87. The van der Waals surface area contributed by atoms with Gasteiger partial charge in [0.25, 0.3) is 0 Å². The van der Waals surface area contributed by atoms with Crippen molar-refractivity contribution in [1.29, 1.82) is 0 Å². The van der Waals surface area contributed by atoms with E-state index in [0.717, 1.165) is 11.4 Å². The van der Waals surface area contributed by atoms with Gasteiger partial charge < -0.3 is 0 Å². The number of rotatable bonds is 1.